The average molecular weight is 439 g/mol. The van der Waals surface area contributed by atoms with Crippen molar-refractivity contribution in [3.8, 4) is 5.75 Å². The first-order valence-electron chi connectivity index (χ1n) is 9.25. The van der Waals surface area contributed by atoms with Crippen LogP contribution in [-0.2, 0) is 37.5 Å². The number of hydrogen-bond acceptors (Lipinski definition) is 2. The maximum absolute atomic E-state index is 13.0. The summed E-state index contributed by atoms with van der Waals surface area (Å²) in [6.45, 7) is 8.54. The molecule has 1 amide bonds. The van der Waals surface area contributed by atoms with Crippen LogP contribution in [-0.4, -0.2) is 37.2 Å². The largest absolute Gasteiger partial charge is 0.497 e. The zero-order chi connectivity index (χ0) is 17.7. The minimum absolute atomic E-state index is 0. The fourth-order valence-corrected chi connectivity index (χ4v) is 8.46. The summed E-state index contributed by atoms with van der Waals surface area (Å²) in [5.74, 6) is 1.06. The van der Waals surface area contributed by atoms with Crippen LogP contribution in [0.4, 0.5) is 5.69 Å². The summed E-state index contributed by atoms with van der Waals surface area (Å²) < 4.78 is 5.32. The molecule has 1 aliphatic rings. The van der Waals surface area contributed by atoms with E-state index in [0.717, 1.165) is 22.6 Å². The second-order valence-electron chi connectivity index (χ2n) is 7.20. The smallest absolute Gasteiger partial charge is 0.264 e. The first-order chi connectivity index (χ1) is 11.4. The second-order valence-corrected chi connectivity index (χ2v) is 11.9. The molecule has 25 heavy (non-hydrogen) atoms. The van der Waals surface area contributed by atoms with Crippen LogP contribution in [0.15, 0.2) is 12.1 Å². The van der Waals surface area contributed by atoms with Gasteiger partial charge in [0.15, 0.2) is 0 Å². The summed E-state index contributed by atoms with van der Waals surface area (Å²) in [6, 6.07) is 3.98. The molecule has 1 unspecified atom stereocenters. The number of ether oxygens (including phenoxy) is 1. The van der Waals surface area contributed by atoms with Crippen LogP contribution in [0, 0.1) is 13.8 Å². The minimum Gasteiger partial charge on any atom is -0.497 e. The van der Waals surface area contributed by atoms with Crippen LogP contribution in [0.25, 0.3) is 0 Å². The zero-order valence-corrected chi connectivity index (χ0v) is 20.3. The molecule has 1 radical (unpaired) electrons. The Hall–Kier alpha value is 0.0239. The number of methoxy groups -OCH3 is 1. The van der Waals surface area contributed by atoms with Gasteiger partial charge < -0.3 is 10.1 Å². The van der Waals surface area contributed by atoms with E-state index in [1.54, 1.807) is 7.11 Å². The fourth-order valence-electron chi connectivity index (χ4n) is 4.01. The zero-order valence-electron chi connectivity index (χ0n) is 16.5. The number of rotatable bonds is 5. The molecule has 0 spiro atoms. The molecule has 1 atom stereocenters. The Kier molecular flexibility index (Phi) is 9.58. The van der Waals surface area contributed by atoms with Crippen molar-refractivity contribution in [3.63, 3.8) is 0 Å². The normalized spacial score (nSPS) is 17.8. The third kappa shape index (κ3) is 5.50. The topological polar surface area (TPSA) is 38.3 Å². The predicted molar refractivity (Wildman–Crippen MR) is 106 cm³/mol. The van der Waals surface area contributed by atoms with E-state index in [4.69, 9.17) is 4.74 Å². The monoisotopic (exact) mass is 439 g/mol. The predicted octanol–water partition coefficient (Wildman–Crippen LogP) is 5.25. The van der Waals surface area contributed by atoms with E-state index in [-0.39, 0.29) is 44.3 Å². The van der Waals surface area contributed by atoms with E-state index in [1.807, 2.05) is 26.0 Å². The van der Waals surface area contributed by atoms with Gasteiger partial charge in [-0.3, -0.25) is 4.79 Å². The first-order valence-corrected chi connectivity index (χ1v) is 11.7. The van der Waals surface area contributed by atoms with Crippen LogP contribution >= 0.6 is 7.26 Å². The van der Waals surface area contributed by atoms with Gasteiger partial charge in [-0.05, 0) is 76.6 Å². The van der Waals surface area contributed by atoms with Gasteiger partial charge in [0.1, 0.15) is 11.4 Å². The summed E-state index contributed by atoms with van der Waals surface area (Å²) in [4.78, 5) is 13.0. The van der Waals surface area contributed by atoms with Crippen molar-refractivity contribution in [1.29, 1.82) is 0 Å². The Labute approximate surface area is 179 Å². The van der Waals surface area contributed by atoms with Crippen LogP contribution in [0.3, 0.4) is 0 Å². The number of amides is 1. The van der Waals surface area contributed by atoms with Gasteiger partial charge in [-0.25, -0.2) is 0 Å². The van der Waals surface area contributed by atoms with Gasteiger partial charge in [0.05, 0.1) is 25.6 Å². The molecule has 1 aliphatic heterocycles. The Morgan fingerprint density at radius 2 is 1.68 bits per heavy atom. The number of anilines is 1. The molecule has 1 heterocycles. The third-order valence-electron chi connectivity index (χ3n) is 5.78. The molecule has 0 bridgehead atoms. The van der Waals surface area contributed by atoms with Crippen LogP contribution in [0.2, 0.25) is 0 Å². The van der Waals surface area contributed by atoms with Gasteiger partial charge in [-0.1, -0.05) is 0 Å². The molecule has 137 valence electrons. The van der Waals surface area contributed by atoms with E-state index in [2.05, 4.69) is 19.2 Å². The molecule has 0 aromatic heterocycles. The first kappa shape index (κ1) is 23.1. The third-order valence-corrected chi connectivity index (χ3v) is 11.3. The van der Waals surface area contributed by atoms with Crippen molar-refractivity contribution < 1.29 is 42.2 Å². The van der Waals surface area contributed by atoms with Crippen molar-refractivity contribution in [2.45, 2.75) is 59.0 Å². The van der Waals surface area contributed by atoms with Gasteiger partial charge in [0.25, 0.3) is 5.91 Å². The number of carbonyl (C=O) groups is 1. The van der Waals surface area contributed by atoms with E-state index in [0.29, 0.717) is 0 Å². The molecule has 1 aromatic rings. The summed E-state index contributed by atoms with van der Waals surface area (Å²) in [5, 5.41) is 3.24. The Bertz CT molecular complexity index is 560. The van der Waals surface area contributed by atoms with Gasteiger partial charge in [-0.15, -0.1) is 0 Å². The molecule has 1 N–H and O–H groups in total. The number of aryl methyl sites for hydroxylation is 2. The maximum Gasteiger partial charge on any atom is 0.264 e. The van der Waals surface area contributed by atoms with Crippen molar-refractivity contribution in [2.24, 2.45) is 0 Å². The SMILES string of the molecule is CC[P+]1(C(C)C(=O)Nc2c(C)cc(OC)cc2C)CCCCCC1.[Y]. The summed E-state index contributed by atoms with van der Waals surface area (Å²) in [5.41, 5.74) is 3.24. The van der Waals surface area contributed by atoms with Crippen molar-refractivity contribution in [1.82, 2.24) is 0 Å². The average Bonchev–Trinajstić information content (AvgIpc) is 2.83. The molecule has 1 aromatic carbocycles. The summed E-state index contributed by atoms with van der Waals surface area (Å²) >= 11 is 0. The molecule has 0 saturated carbocycles. The van der Waals surface area contributed by atoms with Crippen molar-refractivity contribution in [3.05, 3.63) is 23.3 Å². The molecule has 2 rings (SSSR count). The van der Waals surface area contributed by atoms with Crippen LogP contribution in [0.5, 0.6) is 5.75 Å². The van der Waals surface area contributed by atoms with E-state index < -0.39 is 7.26 Å². The van der Waals surface area contributed by atoms with E-state index in [9.17, 15) is 4.79 Å². The minimum atomic E-state index is -1.18. The number of carbonyl (C=O) groups excluding carboxylic acids is 1. The maximum atomic E-state index is 13.0. The standard InChI is InChI=1S/C20H32NO2P.Y/c1-6-24(11-9-7-8-10-12-24)17(4)20(22)21-19-15(2)13-18(23-5)14-16(19)3;/h13-14,17H,6-12H2,1-5H3;/p+1. The number of hydrogen-bond donors (Lipinski definition) is 1. The van der Waals surface area contributed by atoms with E-state index in [1.165, 1.54) is 44.2 Å². The molecule has 3 nitrogen and oxygen atoms in total. The Morgan fingerprint density at radius 1 is 1.16 bits per heavy atom. The summed E-state index contributed by atoms with van der Waals surface area (Å²) in [6.07, 6.45) is 9.07. The van der Waals surface area contributed by atoms with Gasteiger partial charge in [-0.2, -0.15) is 0 Å². The molecule has 0 aliphatic carbocycles. The number of nitrogens with one attached hydrogen (secondary N) is 1. The summed E-state index contributed by atoms with van der Waals surface area (Å²) in [7, 11) is 0.496. The fraction of sp³-hybridized carbons (Fsp3) is 0.650. The van der Waals surface area contributed by atoms with E-state index >= 15 is 0 Å². The Balaban J connectivity index is 0.00000312. The molecular formula is C20H33NO2PY+. The van der Waals surface area contributed by atoms with Crippen LogP contribution in [0.1, 0.15) is 50.7 Å². The van der Waals surface area contributed by atoms with Crippen molar-refractivity contribution in [2.75, 3.05) is 30.9 Å². The molecule has 5 heteroatoms. The molecule has 1 fully saturated rings. The van der Waals surface area contributed by atoms with Gasteiger partial charge >= 0.3 is 0 Å². The molecule has 1 saturated heterocycles. The quantitative estimate of drug-likeness (QED) is 0.637. The van der Waals surface area contributed by atoms with Gasteiger partial charge in [0.2, 0.25) is 0 Å². The van der Waals surface area contributed by atoms with Crippen LogP contribution < -0.4 is 10.1 Å². The second kappa shape index (κ2) is 10.4. The van der Waals surface area contributed by atoms with Gasteiger partial charge in [0, 0.05) is 45.7 Å². The van der Waals surface area contributed by atoms with Crippen molar-refractivity contribution >= 4 is 18.9 Å². The molecular weight excluding hydrogens is 406 g/mol. The number of benzene rings is 1. The Morgan fingerprint density at radius 3 is 2.12 bits per heavy atom.